The lowest BCUT2D eigenvalue weighted by molar-refractivity contribution is -0.146. The molecule has 0 aromatic heterocycles. The number of carbonyl (C=O) groups is 2. The smallest absolute Gasteiger partial charge is 0.333 e. The number of rotatable bonds is 24. The van der Waals surface area contributed by atoms with E-state index in [1.54, 1.807) is 0 Å². The van der Waals surface area contributed by atoms with Gasteiger partial charge in [-0.05, 0) is 12.8 Å². The lowest BCUT2D eigenvalue weighted by atomic mass is 10.1. The zero-order valence-corrected chi connectivity index (χ0v) is 21.4. The third-order valence-electron chi connectivity index (χ3n) is 5.89. The Labute approximate surface area is 198 Å². The van der Waals surface area contributed by atoms with Crippen molar-refractivity contribution in [3.8, 4) is 0 Å². The van der Waals surface area contributed by atoms with Gasteiger partial charge in [0.1, 0.15) is 0 Å². The summed E-state index contributed by atoms with van der Waals surface area (Å²) < 4.78 is 10.5. The van der Waals surface area contributed by atoms with E-state index < -0.39 is 5.97 Å². The SMILES string of the molecule is C=C(CC(=O)OCCCCCCCCCCCCC)C(=O)OCCCCCCCCCC. The Morgan fingerprint density at radius 2 is 0.875 bits per heavy atom. The van der Waals surface area contributed by atoms with E-state index in [0.29, 0.717) is 13.2 Å². The Morgan fingerprint density at radius 1 is 0.531 bits per heavy atom. The van der Waals surface area contributed by atoms with E-state index in [4.69, 9.17) is 9.47 Å². The van der Waals surface area contributed by atoms with E-state index in [-0.39, 0.29) is 18.0 Å². The molecule has 0 bridgehead atoms. The van der Waals surface area contributed by atoms with E-state index in [0.717, 1.165) is 25.7 Å². The third kappa shape index (κ3) is 21.9. The van der Waals surface area contributed by atoms with Gasteiger partial charge in [0.15, 0.2) is 0 Å². The van der Waals surface area contributed by atoms with Crippen molar-refractivity contribution in [2.24, 2.45) is 0 Å². The molecular formula is C28H52O4. The summed E-state index contributed by atoms with van der Waals surface area (Å²) in [6.07, 6.45) is 23.4. The van der Waals surface area contributed by atoms with E-state index in [2.05, 4.69) is 20.4 Å². The fourth-order valence-corrected chi connectivity index (χ4v) is 3.75. The molecule has 0 aliphatic heterocycles. The summed E-state index contributed by atoms with van der Waals surface area (Å²) in [5.74, 6) is -0.856. The minimum atomic E-state index is -0.473. The van der Waals surface area contributed by atoms with Crippen LogP contribution in [0.5, 0.6) is 0 Å². The van der Waals surface area contributed by atoms with Crippen LogP contribution < -0.4 is 0 Å². The number of unbranched alkanes of at least 4 members (excludes halogenated alkanes) is 17. The van der Waals surface area contributed by atoms with Gasteiger partial charge in [0, 0.05) is 5.57 Å². The third-order valence-corrected chi connectivity index (χ3v) is 5.89. The summed E-state index contributed by atoms with van der Waals surface area (Å²) in [4.78, 5) is 23.8. The van der Waals surface area contributed by atoms with Crippen LogP contribution >= 0.6 is 0 Å². The minimum absolute atomic E-state index is 0.0751. The Bertz CT molecular complexity index is 458. The van der Waals surface area contributed by atoms with E-state index in [1.807, 2.05) is 0 Å². The van der Waals surface area contributed by atoms with Crippen molar-refractivity contribution in [3.63, 3.8) is 0 Å². The maximum Gasteiger partial charge on any atom is 0.333 e. The number of hydrogen-bond donors (Lipinski definition) is 0. The highest BCUT2D eigenvalue weighted by atomic mass is 16.5. The molecule has 0 saturated carbocycles. The molecule has 0 rings (SSSR count). The summed E-state index contributed by atoms with van der Waals surface area (Å²) in [7, 11) is 0. The zero-order valence-electron chi connectivity index (χ0n) is 21.4. The van der Waals surface area contributed by atoms with Crippen molar-refractivity contribution in [1.29, 1.82) is 0 Å². The van der Waals surface area contributed by atoms with Crippen molar-refractivity contribution >= 4 is 11.9 Å². The molecule has 4 heteroatoms. The van der Waals surface area contributed by atoms with E-state index in [9.17, 15) is 9.59 Å². The second-order valence-corrected chi connectivity index (χ2v) is 9.15. The number of esters is 2. The molecule has 0 aliphatic carbocycles. The summed E-state index contributed by atoms with van der Waals surface area (Å²) in [5, 5.41) is 0. The molecule has 32 heavy (non-hydrogen) atoms. The van der Waals surface area contributed by atoms with E-state index >= 15 is 0 Å². The highest BCUT2D eigenvalue weighted by Gasteiger charge is 2.14. The Kier molecular flexibility index (Phi) is 23.3. The van der Waals surface area contributed by atoms with Gasteiger partial charge < -0.3 is 9.47 Å². The van der Waals surface area contributed by atoms with Crippen LogP contribution in [0.25, 0.3) is 0 Å². The van der Waals surface area contributed by atoms with Crippen LogP contribution in [0, 0.1) is 0 Å². The van der Waals surface area contributed by atoms with Crippen LogP contribution in [-0.4, -0.2) is 25.2 Å². The predicted octanol–water partition coefficient (Wildman–Crippen LogP) is 8.47. The maximum absolute atomic E-state index is 11.9. The molecule has 0 aromatic carbocycles. The zero-order chi connectivity index (χ0) is 23.7. The van der Waals surface area contributed by atoms with Crippen LogP contribution in [0.15, 0.2) is 12.2 Å². The Balaban J connectivity index is 3.47. The highest BCUT2D eigenvalue weighted by molar-refractivity contribution is 5.93. The molecule has 0 aliphatic rings. The van der Waals surface area contributed by atoms with Crippen LogP contribution in [0.1, 0.15) is 142 Å². The molecule has 0 unspecified atom stereocenters. The molecule has 0 amide bonds. The fraction of sp³-hybridized carbons (Fsp3) is 0.857. The van der Waals surface area contributed by atoms with Crippen LogP contribution in [-0.2, 0) is 19.1 Å². The summed E-state index contributed by atoms with van der Waals surface area (Å²) in [6, 6.07) is 0. The van der Waals surface area contributed by atoms with Crippen molar-refractivity contribution in [3.05, 3.63) is 12.2 Å². The molecule has 0 aromatic rings. The van der Waals surface area contributed by atoms with Gasteiger partial charge in [0.2, 0.25) is 0 Å². The van der Waals surface area contributed by atoms with Gasteiger partial charge in [-0.3, -0.25) is 4.79 Å². The number of carbonyl (C=O) groups excluding carboxylic acids is 2. The van der Waals surface area contributed by atoms with Gasteiger partial charge in [-0.2, -0.15) is 0 Å². The lowest BCUT2D eigenvalue weighted by Crippen LogP contribution is -2.14. The normalized spacial score (nSPS) is 10.8. The van der Waals surface area contributed by atoms with Gasteiger partial charge in [-0.15, -0.1) is 0 Å². The molecule has 0 atom stereocenters. The average Bonchev–Trinajstić information content (AvgIpc) is 2.78. The monoisotopic (exact) mass is 452 g/mol. The average molecular weight is 453 g/mol. The van der Waals surface area contributed by atoms with Crippen LogP contribution in [0.4, 0.5) is 0 Å². The van der Waals surface area contributed by atoms with Crippen molar-refractivity contribution in [2.45, 2.75) is 142 Å². The second-order valence-electron chi connectivity index (χ2n) is 9.15. The van der Waals surface area contributed by atoms with Crippen molar-refractivity contribution < 1.29 is 19.1 Å². The minimum Gasteiger partial charge on any atom is -0.465 e. The van der Waals surface area contributed by atoms with Crippen LogP contribution in [0.3, 0.4) is 0 Å². The second kappa shape index (κ2) is 24.3. The number of hydrogen-bond acceptors (Lipinski definition) is 4. The van der Waals surface area contributed by atoms with Crippen molar-refractivity contribution in [1.82, 2.24) is 0 Å². The van der Waals surface area contributed by atoms with Crippen molar-refractivity contribution in [2.75, 3.05) is 13.2 Å². The first kappa shape index (κ1) is 30.7. The van der Waals surface area contributed by atoms with Gasteiger partial charge in [-0.25, -0.2) is 4.79 Å². The van der Waals surface area contributed by atoms with Gasteiger partial charge in [0.05, 0.1) is 19.6 Å². The topological polar surface area (TPSA) is 52.6 Å². The molecule has 4 nitrogen and oxygen atoms in total. The largest absolute Gasteiger partial charge is 0.465 e. The first-order chi connectivity index (χ1) is 15.6. The standard InChI is InChI=1S/C28H52O4/c1-4-6-8-10-12-14-15-16-18-19-21-23-31-27(29)25-26(3)28(30)32-24-22-20-17-13-11-9-7-5-2/h3-25H2,1-2H3. The summed E-state index contributed by atoms with van der Waals surface area (Å²) in [5.41, 5.74) is 0.188. The molecule has 0 fully saturated rings. The number of ether oxygens (including phenoxy) is 2. The molecule has 0 N–H and O–H groups in total. The summed E-state index contributed by atoms with van der Waals surface area (Å²) in [6.45, 7) is 8.99. The molecule has 0 heterocycles. The summed E-state index contributed by atoms with van der Waals surface area (Å²) >= 11 is 0. The van der Waals surface area contributed by atoms with E-state index in [1.165, 1.54) is 96.3 Å². The molecule has 188 valence electrons. The highest BCUT2D eigenvalue weighted by Crippen LogP contribution is 2.12. The van der Waals surface area contributed by atoms with Crippen LogP contribution in [0.2, 0.25) is 0 Å². The first-order valence-electron chi connectivity index (χ1n) is 13.6. The Morgan fingerprint density at radius 3 is 1.28 bits per heavy atom. The molecule has 0 saturated heterocycles. The van der Waals surface area contributed by atoms with Gasteiger partial charge in [0.25, 0.3) is 0 Å². The lowest BCUT2D eigenvalue weighted by Gasteiger charge is -2.08. The maximum atomic E-state index is 11.9. The molecule has 0 radical (unpaired) electrons. The first-order valence-corrected chi connectivity index (χ1v) is 13.6. The predicted molar refractivity (Wildman–Crippen MR) is 135 cm³/mol. The molecular weight excluding hydrogens is 400 g/mol. The fourth-order valence-electron chi connectivity index (χ4n) is 3.75. The molecule has 0 spiro atoms. The Hall–Kier alpha value is -1.32. The quantitative estimate of drug-likeness (QED) is 0.0837. The van der Waals surface area contributed by atoms with Gasteiger partial charge in [-0.1, -0.05) is 130 Å². The van der Waals surface area contributed by atoms with Gasteiger partial charge >= 0.3 is 11.9 Å².